The van der Waals surface area contributed by atoms with Crippen molar-refractivity contribution in [2.75, 3.05) is 40.3 Å². The molecule has 0 saturated heterocycles. The lowest BCUT2D eigenvalue weighted by atomic mass is 10.1. The molecule has 1 unspecified atom stereocenters. The minimum atomic E-state index is -4.41. The molecular weight excluding hydrogens is 659 g/mol. The van der Waals surface area contributed by atoms with Crippen LogP contribution in [-0.4, -0.2) is 69.5 Å². The van der Waals surface area contributed by atoms with E-state index in [1.807, 2.05) is 0 Å². The Morgan fingerprint density at radius 2 is 1.10 bits per heavy atom. The molecule has 1 heterocycles. The van der Waals surface area contributed by atoms with Crippen LogP contribution in [0.1, 0.15) is 194 Å². The molecule has 8 nitrogen and oxygen atoms in total. The average Bonchev–Trinajstić information content (AvgIpc) is 3.47. The van der Waals surface area contributed by atoms with Gasteiger partial charge in [-0.1, -0.05) is 141 Å². The Kier molecular flexibility index (Phi) is 34.4. The van der Waals surface area contributed by atoms with Crippen LogP contribution in [0.2, 0.25) is 0 Å². The fourth-order valence-corrected chi connectivity index (χ4v) is 6.53. The van der Waals surface area contributed by atoms with Gasteiger partial charge in [-0.25, -0.2) is 13.4 Å². The molecule has 1 aliphatic heterocycles. The molecule has 1 amide bonds. The van der Waals surface area contributed by atoms with Gasteiger partial charge in [-0.3, -0.25) is 13.5 Å². The van der Waals surface area contributed by atoms with Gasteiger partial charge in [0.25, 0.3) is 0 Å². The summed E-state index contributed by atoms with van der Waals surface area (Å²) in [6.07, 6.45) is 45.7. The number of amides is 1. The summed E-state index contributed by atoms with van der Waals surface area (Å²) in [5.41, 5.74) is 0. The highest BCUT2D eigenvalue weighted by Gasteiger charge is 2.32. The second-order valence-corrected chi connectivity index (χ2v) is 15.9. The second-order valence-electron chi connectivity index (χ2n) is 14.7. The number of carbonyl (C=O) groups is 1. The van der Waals surface area contributed by atoms with Gasteiger partial charge in [-0.2, -0.15) is 0 Å². The lowest BCUT2D eigenvalue weighted by Gasteiger charge is -2.30. The largest absolute Gasteiger partial charge is 0.726 e. The normalized spacial score (nSPS) is 16.1. The first-order valence-corrected chi connectivity index (χ1v) is 22.5. The zero-order valence-electron chi connectivity index (χ0n) is 33.8. The number of hydrogen-bond acceptors (Lipinski definition) is 6. The highest BCUT2D eigenvalue weighted by atomic mass is 32.3. The number of quaternary nitrogens is 1. The third-order valence-corrected chi connectivity index (χ3v) is 10.4. The van der Waals surface area contributed by atoms with Crippen LogP contribution in [0.5, 0.6) is 0 Å². The molecule has 0 aromatic heterocycles. The molecule has 0 saturated carbocycles. The van der Waals surface area contributed by atoms with Crippen molar-refractivity contribution < 1.29 is 26.4 Å². The summed E-state index contributed by atoms with van der Waals surface area (Å²) in [4.78, 5) is 17.3. The number of nitrogens with one attached hydrogen (secondary N) is 1. The fourth-order valence-electron chi connectivity index (χ4n) is 6.53. The summed E-state index contributed by atoms with van der Waals surface area (Å²) < 4.78 is 31.9. The van der Waals surface area contributed by atoms with Crippen molar-refractivity contribution in [3.8, 4) is 0 Å². The molecule has 51 heavy (non-hydrogen) atoms. The summed E-state index contributed by atoms with van der Waals surface area (Å²) in [6.45, 7) is 8.34. The van der Waals surface area contributed by atoms with Crippen molar-refractivity contribution in [3.63, 3.8) is 0 Å². The zero-order chi connectivity index (χ0) is 37.7. The Bertz CT molecular complexity index is 998. The fraction of sp³-hybridized carbons (Fsp3) is 0.857. The molecule has 1 N–H and O–H groups in total. The van der Waals surface area contributed by atoms with E-state index in [9.17, 15) is 17.8 Å². The molecule has 0 aromatic carbocycles. The summed E-state index contributed by atoms with van der Waals surface area (Å²) in [5, 5.41) is 3.20. The molecule has 1 atom stereocenters. The van der Waals surface area contributed by atoms with Gasteiger partial charge < -0.3 is 9.87 Å². The molecular formula is C42H81N3O5S. The van der Waals surface area contributed by atoms with Gasteiger partial charge in [-0.15, -0.1) is 0 Å². The van der Waals surface area contributed by atoms with Crippen molar-refractivity contribution in [1.82, 2.24) is 5.32 Å². The maximum atomic E-state index is 12.4. The van der Waals surface area contributed by atoms with E-state index in [0.717, 1.165) is 50.6 Å². The van der Waals surface area contributed by atoms with E-state index in [2.05, 4.69) is 54.7 Å². The summed E-state index contributed by atoms with van der Waals surface area (Å²) >= 11 is 0. The van der Waals surface area contributed by atoms with Crippen molar-refractivity contribution in [2.24, 2.45) is 4.99 Å². The van der Waals surface area contributed by atoms with E-state index >= 15 is 0 Å². The van der Waals surface area contributed by atoms with E-state index in [1.54, 1.807) is 0 Å². The standard InChI is InChI=1S/C41H77N3O.CH4O4S/c1-4-6-8-10-12-14-16-18-20-22-24-26-28-30-32-34-40-42-36-38-44(40,3)39-37-43-41(45)35-33-31-29-27-25-23-21-19-17-15-13-11-9-7-5-2;1-5-6(2,3)4/h18-21H,4-17,22-39H2,1-3H3;1H3,(H,2,3,4). The van der Waals surface area contributed by atoms with Gasteiger partial charge in [0.15, 0.2) is 5.84 Å². The van der Waals surface area contributed by atoms with Gasteiger partial charge in [0.1, 0.15) is 13.1 Å². The predicted molar refractivity (Wildman–Crippen MR) is 217 cm³/mol. The van der Waals surface area contributed by atoms with Gasteiger partial charge >= 0.3 is 0 Å². The van der Waals surface area contributed by atoms with Gasteiger partial charge in [-0.05, 0) is 64.2 Å². The number of rotatable bonds is 34. The average molecular weight is 740 g/mol. The summed E-state index contributed by atoms with van der Waals surface area (Å²) in [6, 6.07) is 0. The van der Waals surface area contributed by atoms with Crippen LogP contribution in [0.25, 0.3) is 0 Å². The van der Waals surface area contributed by atoms with Crippen molar-refractivity contribution in [2.45, 2.75) is 194 Å². The molecule has 0 aromatic rings. The number of nitrogens with zero attached hydrogens (tertiary/aromatic N) is 2. The Morgan fingerprint density at radius 3 is 1.53 bits per heavy atom. The first-order chi connectivity index (χ1) is 24.7. The highest BCUT2D eigenvalue weighted by Crippen LogP contribution is 2.18. The lowest BCUT2D eigenvalue weighted by Crippen LogP contribution is -2.51. The minimum absolute atomic E-state index is 0.231. The van der Waals surface area contributed by atoms with Crippen molar-refractivity contribution in [3.05, 3.63) is 24.3 Å². The first kappa shape index (κ1) is 49.5. The van der Waals surface area contributed by atoms with E-state index < -0.39 is 10.4 Å². The minimum Gasteiger partial charge on any atom is -0.726 e. The molecule has 300 valence electrons. The Balaban J connectivity index is 0.00000381. The SMILES string of the molecule is CCCCCCCCC=CCCCCCCCC(=O)NCC[N+]1(C)CCN=C1CCCCCCCC=CCCCCCCCC.COS(=O)(=O)[O-]. The maximum absolute atomic E-state index is 12.4. The number of amidine groups is 1. The molecule has 0 bridgehead atoms. The second kappa shape index (κ2) is 35.5. The molecule has 0 spiro atoms. The van der Waals surface area contributed by atoms with Gasteiger partial charge in [0, 0.05) is 12.8 Å². The quantitative estimate of drug-likeness (QED) is 0.0232. The maximum Gasteiger partial charge on any atom is 0.220 e. The van der Waals surface area contributed by atoms with Crippen LogP contribution in [0.15, 0.2) is 29.3 Å². The number of hydrogen-bond donors (Lipinski definition) is 1. The number of allylic oxidation sites excluding steroid dienone is 4. The summed E-state index contributed by atoms with van der Waals surface area (Å²) in [7, 11) is -1.29. The van der Waals surface area contributed by atoms with Crippen molar-refractivity contribution >= 4 is 22.1 Å². The Hall–Kier alpha value is -1.55. The molecule has 9 heteroatoms. The zero-order valence-corrected chi connectivity index (χ0v) is 34.6. The predicted octanol–water partition coefficient (Wildman–Crippen LogP) is 11.1. The topological polar surface area (TPSA) is 108 Å². The number of unbranched alkanes of at least 4 members (excludes halogenated alkanes) is 22. The van der Waals surface area contributed by atoms with Crippen LogP contribution in [0.3, 0.4) is 0 Å². The number of aliphatic imine (C=N–C) groups is 1. The third-order valence-electron chi connectivity index (χ3n) is 9.97. The number of carbonyl (C=O) groups excluding carboxylic acids is 1. The molecule has 1 aliphatic rings. The highest BCUT2D eigenvalue weighted by molar-refractivity contribution is 7.80. The number of likely N-dealkylation sites (N-methyl/N-ethyl adjacent to an activating group) is 1. The molecule has 0 radical (unpaired) electrons. The van der Waals surface area contributed by atoms with E-state index in [-0.39, 0.29) is 5.91 Å². The van der Waals surface area contributed by atoms with Crippen LogP contribution in [-0.2, 0) is 19.4 Å². The van der Waals surface area contributed by atoms with Gasteiger partial charge in [0.2, 0.25) is 16.3 Å². The van der Waals surface area contributed by atoms with Crippen LogP contribution in [0.4, 0.5) is 0 Å². The molecule has 0 aliphatic carbocycles. The summed E-state index contributed by atoms with van der Waals surface area (Å²) in [5.74, 6) is 1.59. The molecule has 0 fully saturated rings. The van der Waals surface area contributed by atoms with Crippen molar-refractivity contribution in [1.29, 1.82) is 0 Å². The van der Waals surface area contributed by atoms with E-state index in [1.165, 1.54) is 166 Å². The molecule has 1 rings (SSSR count). The van der Waals surface area contributed by atoms with Crippen LogP contribution < -0.4 is 5.32 Å². The smallest absolute Gasteiger partial charge is 0.220 e. The van der Waals surface area contributed by atoms with Gasteiger partial charge in [0.05, 0.1) is 27.2 Å². The Labute approximate surface area is 316 Å². The van der Waals surface area contributed by atoms with Crippen LogP contribution in [0, 0.1) is 0 Å². The van der Waals surface area contributed by atoms with E-state index in [0.29, 0.717) is 6.42 Å². The Morgan fingerprint density at radius 1 is 0.706 bits per heavy atom. The monoisotopic (exact) mass is 740 g/mol. The lowest BCUT2D eigenvalue weighted by molar-refractivity contribution is -0.814. The van der Waals surface area contributed by atoms with E-state index in [4.69, 9.17) is 4.99 Å². The third kappa shape index (κ3) is 34.0. The first-order valence-electron chi connectivity index (χ1n) is 21.1. The van der Waals surface area contributed by atoms with Crippen LogP contribution >= 0.6 is 0 Å².